The zero-order chi connectivity index (χ0) is 14.5. The van der Waals surface area contributed by atoms with Crippen molar-refractivity contribution in [2.24, 2.45) is 0 Å². The maximum Gasteiger partial charge on any atom is 0.367 e. The van der Waals surface area contributed by atoms with E-state index in [0.717, 1.165) is 21.2 Å². The molecule has 0 saturated heterocycles. The molecule has 0 saturated carbocycles. The molecule has 20 heavy (non-hydrogen) atoms. The van der Waals surface area contributed by atoms with Crippen LogP contribution in [0.2, 0.25) is 0 Å². The summed E-state index contributed by atoms with van der Waals surface area (Å²) >= 11 is 2.62. The van der Waals surface area contributed by atoms with Gasteiger partial charge in [-0.25, -0.2) is 14.8 Å². The summed E-state index contributed by atoms with van der Waals surface area (Å²) in [5, 5.41) is 5.41. The first kappa shape index (κ1) is 14.6. The standard InChI is InChI=1S/C12H13N3O3S2/c1-3-18-12(17)11-15-9(6-19-11)10(16)14-5-8-4-13-7(2)20-8/h4,6H,3,5H2,1-2H3,(H,14,16). The summed E-state index contributed by atoms with van der Waals surface area (Å²) in [5.41, 5.74) is 0.222. The zero-order valence-corrected chi connectivity index (χ0v) is 12.6. The first-order valence-corrected chi connectivity index (χ1v) is 7.62. The number of nitrogens with zero attached hydrogens (tertiary/aromatic N) is 2. The number of esters is 1. The van der Waals surface area contributed by atoms with Crippen molar-refractivity contribution < 1.29 is 14.3 Å². The van der Waals surface area contributed by atoms with Crippen molar-refractivity contribution >= 4 is 34.6 Å². The normalized spacial score (nSPS) is 10.3. The van der Waals surface area contributed by atoms with Crippen molar-refractivity contribution in [3.05, 3.63) is 32.2 Å². The predicted molar refractivity (Wildman–Crippen MR) is 76.1 cm³/mol. The second kappa shape index (κ2) is 6.58. The monoisotopic (exact) mass is 311 g/mol. The Morgan fingerprint density at radius 3 is 2.90 bits per heavy atom. The topological polar surface area (TPSA) is 81.2 Å². The lowest BCUT2D eigenvalue weighted by Crippen LogP contribution is -2.22. The van der Waals surface area contributed by atoms with E-state index in [1.807, 2.05) is 6.92 Å². The van der Waals surface area contributed by atoms with Gasteiger partial charge >= 0.3 is 5.97 Å². The molecule has 2 heterocycles. The Labute approximate surface area is 123 Å². The average Bonchev–Trinajstić information content (AvgIpc) is 3.05. The molecule has 2 aromatic heterocycles. The van der Waals surface area contributed by atoms with E-state index in [4.69, 9.17) is 4.74 Å². The fourth-order valence-corrected chi connectivity index (χ4v) is 2.83. The van der Waals surface area contributed by atoms with Gasteiger partial charge in [-0.3, -0.25) is 4.79 Å². The molecule has 0 aromatic carbocycles. The van der Waals surface area contributed by atoms with E-state index < -0.39 is 5.97 Å². The molecule has 1 N–H and O–H groups in total. The van der Waals surface area contributed by atoms with Crippen LogP contribution in [-0.2, 0) is 11.3 Å². The van der Waals surface area contributed by atoms with Crippen LogP contribution in [0.1, 0.15) is 37.1 Å². The van der Waals surface area contributed by atoms with Crippen molar-refractivity contribution in [2.75, 3.05) is 6.61 Å². The van der Waals surface area contributed by atoms with E-state index in [1.165, 1.54) is 11.3 Å². The lowest BCUT2D eigenvalue weighted by atomic mass is 10.4. The molecule has 2 aromatic rings. The molecule has 0 atom stereocenters. The van der Waals surface area contributed by atoms with Gasteiger partial charge in [0, 0.05) is 16.5 Å². The molecule has 0 radical (unpaired) electrons. The van der Waals surface area contributed by atoms with Gasteiger partial charge in [0.25, 0.3) is 5.91 Å². The third kappa shape index (κ3) is 3.61. The van der Waals surface area contributed by atoms with Gasteiger partial charge in [0.2, 0.25) is 5.01 Å². The Kier molecular flexibility index (Phi) is 4.80. The molecular weight excluding hydrogens is 298 g/mol. The number of thiazole rings is 2. The second-order valence-corrected chi connectivity index (χ2v) is 5.96. The molecule has 0 aliphatic carbocycles. The highest BCUT2D eigenvalue weighted by Crippen LogP contribution is 2.13. The highest BCUT2D eigenvalue weighted by atomic mass is 32.1. The van der Waals surface area contributed by atoms with Crippen LogP contribution in [0.4, 0.5) is 0 Å². The van der Waals surface area contributed by atoms with Crippen molar-refractivity contribution in [3.63, 3.8) is 0 Å². The lowest BCUT2D eigenvalue weighted by Gasteiger charge is -2.00. The quantitative estimate of drug-likeness (QED) is 0.854. The summed E-state index contributed by atoms with van der Waals surface area (Å²) < 4.78 is 4.82. The van der Waals surface area contributed by atoms with Crippen molar-refractivity contribution in [1.82, 2.24) is 15.3 Å². The number of hydrogen-bond donors (Lipinski definition) is 1. The molecule has 2 rings (SSSR count). The van der Waals surface area contributed by atoms with Crippen molar-refractivity contribution in [3.8, 4) is 0 Å². The number of carbonyl (C=O) groups excluding carboxylic acids is 2. The largest absolute Gasteiger partial charge is 0.461 e. The summed E-state index contributed by atoms with van der Waals surface area (Å²) in [5.74, 6) is -0.822. The highest BCUT2D eigenvalue weighted by Gasteiger charge is 2.16. The number of carbonyl (C=O) groups is 2. The molecule has 1 amide bonds. The van der Waals surface area contributed by atoms with Gasteiger partial charge in [0.15, 0.2) is 0 Å². The van der Waals surface area contributed by atoms with Crippen molar-refractivity contribution in [2.45, 2.75) is 20.4 Å². The maximum absolute atomic E-state index is 11.9. The zero-order valence-electron chi connectivity index (χ0n) is 11.0. The van der Waals surface area contributed by atoms with Gasteiger partial charge in [-0.05, 0) is 13.8 Å². The van der Waals surface area contributed by atoms with Crippen LogP contribution in [0, 0.1) is 6.92 Å². The number of ether oxygens (including phenoxy) is 1. The molecule has 0 aliphatic rings. The van der Waals surface area contributed by atoms with Gasteiger partial charge in [-0.2, -0.15) is 0 Å². The minimum absolute atomic E-state index is 0.186. The van der Waals surface area contributed by atoms with E-state index in [2.05, 4.69) is 15.3 Å². The van der Waals surface area contributed by atoms with E-state index >= 15 is 0 Å². The van der Waals surface area contributed by atoms with Crippen LogP contribution in [0.15, 0.2) is 11.6 Å². The minimum atomic E-state index is -0.505. The summed E-state index contributed by atoms with van der Waals surface area (Å²) in [6.45, 7) is 4.31. The molecule has 6 nitrogen and oxygen atoms in total. The molecule has 0 spiro atoms. The van der Waals surface area contributed by atoms with E-state index in [0.29, 0.717) is 6.54 Å². The van der Waals surface area contributed by atoms with E-state index in [9.17, 15) is 9.59 Å². The van der Waals surface area contributed by atoms with Gasteiger partial charge in [-0.1, -0.05) is 0 Å². The van der Waals surface area contributed by atoms with E-state index in [1.54, 1.807) is 18.5 Å². The SMILES string of the molecule is CCOC(=O)c1nc(C(=O)NCc2cnc(C)s2)cs1. The minimum Gasteiger partial charge on any atom is -0.461 e. The van der Waals surface area contributed by atoms with Crippen LogP contribution in [-0.4, -0.2) is 28.5 Å². The molecule has 0 bridgehead atoms. The average molecular weight is 311 g/mol. The predicted octanol–water partition coefficient (Wildman–Crippen LogP) is 2.01. The number of amides is 1. The summed E-state index contributed by atoms with van der Waals surface area (Å²) in [4.78, 5) is 32.4. The number of nitrogens with one attached hydrogen (secondary N) is 1. The summed E-state index contributed by atoms with van der Waals surface area (Å²) in [7, 11) is 0. The number of aromatic nitrogens is 2. The van der Waals surface area contributed by atoms with Gasteiger partial charge in [-0.15, -0.1) is 22.7 Å². The second-order valence-electron chi connectivity index (χ2n) is 3.79. The Morgan fingerprint density at radius 1 is 1.45 bits per heavy atom. The fraction of sp³-hybridized carbons (Fsp3) is 0.333. The highest BCUT2D eigenvalue weighted by molar-refractivity contribution is 7.12. The molecule has 0 aliphatic heterocycles. The molecular formula is C12H13N3O3S2. The Morgan fingerprint density at radius 2 is 2.25 bits per heavy atom. The van der Waals surface area contributed by atoms with Gasteiger partial charge in [0.1, 0.15) is 5.69 Å². The Bertz CT molecular complexity index is 621. The summed E-state index contributed by atoms with van der Waals surface area (Å²) in [6, 6.07) is 0. The lowest BCUT2D eigenvalue weighted by molar-refractivity contribution is 0.0526. The van der Waals surface area contributed by atoms with Crippen molar-refractivity contribution in [1.29, 1.82) is 0 Å². The maximum atomic E-state index is 11.9. The first-order chi connectivity index (χ1) is 9.60. The summed E-state index contributed by atoms with van der Waals surface area (Å²) in [6.07, 6.45) is 1.73. The van der Waals surface area contributed by atoms with Crippen LogP contribution >= 0.6 is 22.7 Å². The number of aryl methyl sites for hydroxylation is 1. The van der Waals surface area contributed by atoms with E-state index in [-0.39, 0.29) is 23.2 Å². The van der Waals surface area contributed by atoms with Gasteiger partial charge < -0.3 is 10.1 Å². The molecule has 106 valence electrons. The number of hydrogen-bond acceptors (Lipinski definition) is 7. The van der Waals surface area contributed by atoms with Crippen LogP contribution in [0.25, 0.3) is 0 Å². The van der Waals surface area contributed by atoms with Gasteiger partial charge in [0.05, 0.1) is 18.2 Å². The Balaban J connectivity index is 1.94. The van der Waals surface area contributed by atoms with Crippen LogP contribution in [0.3, 0.4) is 0 Å². The fourth-order valence-electron chi connectivity index (χ4n) is 1.41. The smallest absolute Gasteiger partial charge is 0.367 e. The number of rotatable bonds is 5. The molecule has 0 fully saturated rings. The van der Waals surface area contributed by atoms with Crippen LogP contribution < -0.4 is 5.32 Å². The Hall–Kier alpha value is -1.80. The third-order valence-corrected chi connectivity index (χ3v) is 4.01. The first-order valence-electron chi connectivity index (χ1n) is 5.92. The molecule has 8 heteroatoms. The third-order valence-electron chi connectivity index (χ3n) is 2.28. The molecule has 0 unspecified atom stereocenters. The van der Waals surface area contributed by atoms with Crippen LogP contribution in [0.5, 0.6) is 0 Å².